The molecule has 88 valence electrons. The van der Waals surface area contributed by atoms with E-state index < -0.39 is 0 Å². The van der Waals surface area contributed by atoms with E-state index >= 15 is 0 Å². The van der Waals surface area contributed by atoms with Crippen LogP contribution in [0.2, 0.25) is 0 Å². The van der Waals surface area contributed by atoms with Crippen LogP contribution in [0.5, 0.6) is 0 Å². The number of rotatable bonds is 0. The maximum absolute atomic E-state index is 5.75. The Balaban J connectivity index is 2.28. The van der Waals surface area contributed by atoms with Gasteiger partial charge in [-0.05, 0) is 36.4 Å². The molecule has 0 saturated heterocycles. The summed E-state index contributed by atoms with van der Waals surface area (Å²) in [5.74, 6) is 0.621. The molecule has 0 bridgehead atoms. The zero-order valence-electron chi connectivity index (χ0n) is 9.02. The summed E-state index contributed by atoms with van der Waals surface area (Å²) in [4.78, 5) is 4.49. The standard InChI is InChI=1S/C13H6Br2N2O/c14-7-1-3-10-9(5-7)16-13-17(10)11-6-8(15)2-4-12(11)18-13/h1-6H. The average Bonchev–Trinajstić information content (AvgIpc) is 2.83. The van der Waals surface area contributed by atoms with Crippen molar-refractivity contribution in [2.75, 3.05) is 0 Å². The number of hydrogen-bond acceptors (Lipinski definition) is 2. The molecular formula is C13H6Br2N2O. The monoisotopic (exact) mass is 364 g/mol. The Labute approximate surface area is 119 Å². The molecule has 0 N–H and O–H groups in total. The Kier molecular flexibility index (Phi) is 2.11. The fraction of sp³-hybridized carbons (Fsp3) is 0. The summed E-state index contributed by atoms with van der Waals surface area (Å²) in [5.41, 5.74) is 3.82. The van der Waals surface area contributed by atoms with Gasteiger partial charge < -0.3 is 4.42 Å². The van der Waals surface area contributed by atoms with Gasteiger partial charge in [-0.1, -0.05) is 31.9 Å². The third kappa shape index (κ3) is 1.37. The quantitative estimate of drug-likeness (QED) is 0.449. The summed E-state index contributed by atoms with van der Waals surface area (Å²) in [7, 11) is 0. The molecule has 0 saturated carbocycles. The van der Waals surface area contributed by atoms with Crippen LogP contribution in [0.4, 0.5) is 0 Å². The number of hydrogen-bond donors (Lipinski definition) is 0. The zero-order valence-corrected chi connectivity index (χ0v) is 12.2. The second-order valence-electron chi connectivity index (χ2n) is 4.08. The van der Waals surface area contributed by atoms with Gasteiger partial charge in [0, 0.05) is 8.95 Å². The largest absolute Gasteiger partial charge is 0.423 e. The van der Waals surface area contributed by atoms with E-state index in [4.69, 9.17) is 4.42 Å². The van der Waals surface area contributed by atoms with E-state index in [9.17, 15) is 0 Å². The molecule has 4 aromatic rings. The number of imidazole rings is 1. The predicted octanol–water partition coefficient (Wildman–Crippen LogP) is 4.76. The lowest BCUT2D eigenvalue weighted by atomic mass is 10.3. The highest BCUT2D eigenvalue weighted by molar-refractivity contribution is 9.10. The molecule has 0 fully saturated rings. The molecule has 2 aromatic heterocycles. The van der Waals surface area contributed by atoms with Crippen molar-refractivity contribution in [2.24, 2.45) is 0 Å². The van der Waals surface area contributed by atoms with E-state index in [1.807, 2.05) is 40.8 Å². The van der Waals surface area contributed by atoms with E-state index in [1.54, 1.807) is 0 Å². The van der Waals surface area contributed by atoms with Gasteiger partial charge in [0.15, 0.2) is 5.58 Å². The Morgan fingerprint density at radius 2 is 1.72 bits per heavy atom. The van der Waals surface area contributed by atoms with E-state index in [0.29, 0.717) is 5.84 Å². The first kappa shape index (κ1) is 10.6. The SMILES string of the molecule is Brc1ccc2c(c1)nc1oc3ccc(Br)cc3n12. The molecule has 0 atom stereocenters. The lowest BCUT2D eigenvalue weighted by Gasteiger charge is -1.94. The maximum Gasteiger partial charge on any atom is 0.307 e. The molecule has 0 amide bonds. The smallest absolute Gasteiger partial charge is 0.307 e. The van der Waals surface area contributed by atoms with Gasteiger partial charge in [0.05, 0.1) is 16.6 Å². The van der Waals surface area contributed by atoms with Crippen molar-refractivity contribution in [3.8, 4) is 0 Å². The van der Waals surface area contributed by atoms with Crippen molar-refractivity contribution >= 4 is 59.8 Å². The molecule has 2 aromatic carbocycles. The lowest BCUT2D eigenvalue weighted by molar-refractivity contribution is 0.643. The number of halogens is 2. The highest BCUT2D eigenvalue weighted by Crippen LogP contribution is 2.28. The molecule has 2 heterocycles. The molecule has 18 heavy (non-hydrogen) atoms. The number of nitrogens with zero attached hydrogens (tertiary/aromatic N) is 2. The summed E-state index contributed by atoms with van der Waals surface area (Å²) < 4.78 is 9.82. The second-order valence-corrected chi connectivity index (χ2v) is 5.91. The molecule has 4 rings (SSSR count). The van der Waals surface area contributed by atoms with Gasteiger partial charge in [0.2, 0.25) is 0 Å². The van der Waals surface area contributed by atoms with Crippen LogP contribution in [0.15, 0.2) is 49.8 Å². The molecule has 0 aliphatic rings. The van der Waals surface area contributed by atoms with Crippen molar-refractivity contribution in [3.05, 3.63) is 45.3 Å². The zero-order chi connectivity index (χ0) is 12.3. The maximum atomic E-state index is 5.75. The summed E-state index contributed by atoms with van der Waals surface area (Å²) in [5, 5.41) is 0. The van der Waals surface area contributed by atoms with Crippen LogP contribution in [0.1, 0.15) is 0 Å². The van der Waals surface area contributed by atoms with E-state index in [2.05, 4.69) is 36.8 Å². The first-order chi connectivity index (χ1) is 8.72. The van der Waals surface area contributed by atoms with Crippen molar-refractivity contribution < 1.29 is 4.42 Å². The minimum absolute atomic E-state index is 0.621. The normalized spacial score (nSPS) is 11.9. The minimum atomic E-state index is 0.621. The van der Waals surface area contributed by atoms with Crippen LogP contribution in [0, 0.1) is 0 Å². The fourth-order valence-electron chi connectivity index (χ4n) is 2.18. The van der Waals surface area contributed by atoms with Gasteiger partial charge in [0.1, 0.15) is 0 Å². The number of benzene rings is 2. The third-order valence-corrected chi connectivity index (χ3v) is 3.94. The summed E-state index contributed by atoms with van der Waals surface area (Å²) in [6.07, 6.45) is 0. The fourth-order valence-corrected chi connectivity index (χ4v) is 2.88. The van der Waals surface area contributed by atoms with Crippen LogP contribution >= 0.6 is 31.9 Å². The Morgan fingerprint density at radius 3 is 2.61 bits per heavy atom. The number of aromatic nitrogens is 2. The van der Waals surface area contributed by atoms with Crippen molar-refractivity contribution in [3.63, 3.8) is 0 Å². The van der Waals surface area contributed by atoms with Crippen molar-refractivity contribution in [1.82, 2.24) is 9.38 Å². The van der Waals surface area contributed by atoms with E-state index in [1.165, 1.54) is 0 Å². The van der Waals surface area contributed by atoms with Crippen LogP contribution in [0.3, 0.4) is 0 Å². The van der Waals surface area contributed by atoms with Crippen molar-refractivity contribution in [1.29, 1.82) is 0 Å². The minimum Gasteiger partial charge on any atom is -0.423 e. The van der Waals surface area contributed by atoms with Gasteiger partial charge in [-0.25, -0.2) is 0 Å². The van der Waals surface area contributed by atoms with E-state index in [0.717, 1.165) is 31.1 Å². The lowest BCUT2D eigenvalue weighted by Crippen LogP contribution is -1.80. The summed E-state index contributed by atoms with van der Waals surface area (Å²) >= 11 is 6.94. The van der Waals surface area contributed by atoms with Crippen LogP contribution < -0.4 is 0 Å². The predicted molar refractivity (Wildman–Crippen MR) is 77.9 cm³/mol. The Hall–Kier alpha value is -1.33. The molecule has 0 aliphatic carbocycles. The van der Waals surface area contributed by atoms with Gasteiger partial charge in [-0.3, -0.25) is 4.40 Å². The highest BCUT2D eigenvalue weighted by atomic mass is 79.9. The van der Waals surface area contributed by atoms with Gasteiger partial charge >= 0.3 is 5.84 Å². The summed E-state index contributed by atoms with van der Waals surface area (Å²) in [6, 6.07) is 12.0. The number of oxazole rings is 1. The van der Waals surface area contributed by atoms with Crippen molar-refractivity contribution in [2.45, 2.75) is 0 Å². The second kappa shape index (κ2) is 3.59. The first-order valence-electron chi connectivity index (χ1n) is 5.38. The molecule has 3 nitrogen and oxygen atoms in total. The van der Waals surface area contributed by atoms with Crippen LogP contribution in [0.25, 0.3) is 28.0 Å². The molecule has 0 unspecified atom stereocenters. The summed E-state index contributed by atoms with van der Waals surface area (Å²) in [6.45, 7) is 0. The Bertz CT molecular complexity index is 907. The van der Waals surface area contributed by atoms with Crippen LogP contribution in [-0.4, -0.2) is 9.38 Å². The van der Waals surface area contributed by atoms with Crippen LogP contribution in [-0.2, 0) is 0 Å². The van der Waals surface area contributed by atoms with E-state index in [-0.39, 0.29) is 0 Å². The highest BCUT2D eigenvalue weighted by Gasteiger charge is 2.12. The molecule has 0 radical (unpaired) electrons. The average molecular weight is 366 g/mol. The van der Waals surface area contributed by atoms with Gasteiger partial charge in [0.25, 0.3) is 0 Å². The molecule has 5 heteroatoms. The molecule has 0 aliphatic heterocycles. The first-order valence-corrected chi connectivity index (χ1v) is 6.97. The van der Waals surface area contributed by atoms with Gasteiger partial charge in [-0.15, -0.1) is 0 Å². The topological polar surface area (TPSA) is 30.4 Å². The third-order valence-electron chi connectivity index (χ3n) is 2.95. The number of fused-ring (bicyclic) bond motifs is 5. The molecule has 0 spiro atoms. The molecular weight excluding hydrogens is 360 g/mol. The van der Waals surface area contributed by atoms with Gasteiger partial charge in [-0.2, -0.15) is 4.98 Å². The Morgan fingerprint density at radius 1 is 0.944 bits per heavy atom.